The lowest BCUT2D eigenvalue weighted by Crippen LogP contribution is -2.46. The number of nitrogens with one attached hydrogen (secondary N) is 1. The van der Waals surface area contributed by atoms with Crippen LogP contribution in [0.2, 0.25) is 0 Å². The second-order valence-corrected chi connectivity index (χ2v) is 6.24. The van der Waals surface area contributed by atoms with Crippen molar-refractivity contribution >= 4 is 45.6 Å². The number of thiophene rings is 1. The zero-order valence-corrected chi connectivity index (χ0v) is 13.7. The van der Waals surface area contributed by atoms with E-state index >= 15 is 0 Å². The first-order chi connectivity index (χ1) is 8.68. The lowest BCUT2D eigenvalue weighted by atomic mass is 9.92. The molecule has 0 aromatic carbocycles. The van der Waals surface area contributed by atoms with E-state index in [-0.39, 0.29) is 24.2 Å². The monoisotopic (exact) mass is 368 g/mol. The molecule has 2 rings (SSSR count). The SMILES string of the molecule is Cl.NC(C(=O)NCc1sccc1Br)C1CCOCC1. The molecule has 19 heavy (non-hydrogen) atoms. The van der Waals surface area contributed by atoms with Crippen molar-refractivity contribution < 1.29 is 9.53 Å². The van der Waals surface area contributed by atoms with Gasteiger partial charge in [-0.05, 0) is 46.1 Å². The van der Waals surface area contributed by atoms with E-state index in [4.69, 9.17) is 10.5 Å². The minimum absolute atomic E-state index is 0. The van der Waals surface area contributed by atoms with Crippen LogP contribution < -0.4 is 11.1 Å². The van der Waals surface area contributed by atoms with Crippen molar-refractivity contribution in [1.29, 1.82) is 0 Å². The molecule has 1 aromatic rings. The third-order valence-corrected chi connectivity index (χ3v) is 5.12. The summed E-state index contributed by atoms with van der Waals surface area (Å²) < 4.78 is 6.31. The fourth-order valence-electron chi connectivity index (χ4n) is 2.03. The molecular formula is C12H18BrClN2O2S. The lowest BCUT2D eigenvalue weighted by Gasteiger charge is -2.26. The number of amides is 1. The summed E-state index contributed by atoms with van der Waals surface area (Å²) in [4.78, 5) is 13.1. The van der Waals surface area contributed by atoms with Gasteiger partial charge in [-0.25, -0.2) is 0 Å². The highest BCUT2D eigenvalue weighted by atomic mass is 79.9. The summed E-state index contributed by atoms with van der Waals surface area (Å²) in [5, 5.41) is 4.89. The van der Waals surface area contributed by atoms with E-state index < -0.39 is 6.04 Å². The van der Waals surface area contributed by atoms with E-state index in [0.717, 1.165) is 22.2 Å². The van der Waals surface area contributed by atoms with Gasteiger partial charge in [0.1, 0.15) is 0 Å². The van der Waals surface area contributed by atoms with E-state index in [2.05, 4.69) is 21.2 Å². The number of nitrogens with two attached hydrogens (primary N) is 1. The van der Waals surface area contributed by atoms with Gasteiger partial charge in [0.15, 0.2) is 0 Å². The summed E-state index contributed by atoms with van der Waals surface area (Å²) in [5.74, 6) is 0.174. The lowest BCUT2D eigenvalue weighted by molar-refractivity contribution is -0.124. The predicted octanol–water partition coefficient (Wildman–Crippen LogP) is 2.30. The minimum atomic E-state index is -0.423. The Morgan fingerprint density at radius 3 is 2.84 bits per heavy atom. The van der Waals surface area contributed by atoms with Gasteiger partial charge in [-0.15, -0.1) is 23.7 Å². The molecule has 1 atom stereocenters. The Morgan fingerprint density at radius 2 is 2.26 bits per heavy atom. The average molecular weight is 370 g/mol. The van der Waals surface area contributed by atoms with Crippen molar-refractivity contribution in [2.75, 3.05) is 13.2 Å². The van der Waals surface area contributed by atoms with Crippen LogP contribution in [0.25, 0.3) is 0 Å². The van der Waals surface area contributed by atoms with Crippen LogP contribution in [0.1, 0.15) is 17.7 Å². The molecule has 1 aliphatic heterocycles. The average Bonchev–Trinajstić information content (AvgIpc) is 2.81. The van der Waals surface area contributed by atoms with Crippen LogP contribution >= 0.6 is 39.7 Å². The molecule has 1 aromatic heterocycles. The number of carbonyl (C=O) groups excluding carboxylic acids is 1. The Hall–Kier alpha value is -0.140. The summed E-state index contributed by atoms with van der Waals surface area (Å²) in [6, 6.07) is 1.55. The van der Waals surface area contributed by atoms with Crippen molar-refractivity contribution in [1.82, 2.24) is 5.32 Å². The van der Waals surface area contributed by atoms with Gasteiger partial charge in [-0.3, -0.25) is 4.79 Å². The molecule has 0 aliphatic carbocycles. The fourth-order valence-corrected chi connectivity index (χ4v) is 3.46. The Kier molecular flexibility index (Phi) is 7.31. The molecule has 4 nitrogen and oxygen atoms in total. The summed E-state index contributed by atoms with van der Waals surface area (Å²) >= 11 is 5.06. The van der Waals surface area contributed by atoms with Crippen LogP contribution in [-0.4, -0.2) is 25.2 Å². The maximum atomic E-state index is 12.0. The summed E-state index contributed by atoms with van der Waals surface area (Å²) in [5.41, 5.74) is 5.99. The molecule has 1 aliphatic rings. The zero-order chi connectivity index (χ0) is 13.0. The van der Waals surface area contributed by atoms with Crippen LogP contribution in [0.15, 0.2) is 15.9 Å². The van der Waals surface area contributed by atoms with Crippen molar-refractivity contribution in [2.24, 2.45) is 11.7 Å². The van der Waals surface area contributed by atoms with Gasteiger partial charge >= 0.3 is 0 Å². The zero-order valence-electron chi connectivity index (χ0n) is 10.4. The normalized spacial score (nSPS) is 17.6. The summed E-state index contributed by atoms with van der Waals surface area (Å²) in [6.07, 6.45) is 1.74. The highest BCUT2D eigenvalue weighted by Gasteiger charge is 2.26. The van der Waals surface area contributed by atoms with Gasteiger partial charge in [-0.1, -0.05) is 0 Å². The minimum Gasteiger partial charge on any atom is -0.381 e. The van der Waals surface area contributed by atoms with E-state index in [1.165, 1.54) is 0 Å². The third-order valence-electron chi connectivity index (χ3n) is 3.19. The largest absolute Gasteiger partial charge is 0.381 e. The predicted molar refractivity (Wildman–Crippen MR) is 82.6 cm³/mol. The van der Waals surface area contributed by atoms with E-state index in [1.54, 1.807) is 11.3 Å². The highest BCUT2D eigenvalue weighted by Crippen LogP contribution is 2.22. The molecule has 1 fully saturated rings. The van der Waals surface area contributed by atoms with Gasteiger partial charge in [0.05, 0.1) is 12.6 Å². The molecule has 7 heteroatoms. The Morgan fingerprint density at radius 1 is 1.58 bits per heavy atom. The molecule has 0 radical (unpaired) electrons. The topological polar surface area (TPSA) is 64.4 Å². The number of rotatable bonds is 4. The fraction of sp³-hybridized carbons (Fsp3) is 0.583. The van der Waals surface area contributed by atoms with Crippen molar-refractivity contribution in [3.8, 4) is 0 Å². The van der Waals surface area contributed by atoms with Gasteiger partial charge in [0, 0.05) is 22.6 Å². The first kappa shape index (κ1) is 16.9. The summed E-state index contributed by atoms with van der Waals surface area (Å²) in [7, 11) is 0. The first-order valence-electron chi connectivity index (χ1n) is 6.01. The molecule has 3 N–H and O–H groups in total. The molecule has 1 unspecified atom stereocenters. The molecule has 108 valence electrons. The van der Waals surface area contributed by atoms with Gasteiger partial charge in [0.2, 0.25) is 5.91 Å². The molecule has 0 saturated carbocycles. The van der Waals surface area contributed by atoms with Crippen LogP contribution in [-0.2, 0) is 16.1 Å². The second-order valence-electron chi connectivity index (χ2n) is 4.39. The van der Waals surface area contributed by atoms with Crippen LogP contribution in [0, 0.1) is 5.92 Å². The van der Waals surface area contributed by atoms with Gasteiger partial charge < -0.3 is 15.8 Å². The molecule has 0 bridgehead atoms. The molecular weight excluding hydrogens is 352 g/mol. The number of ether oxygens (including phenoxy) is 1. The van der Waals surface area contributed by atoms with Gasteiger partial charge in [-0.2, -0.15) is 0 Å². The van der Waals surface area contributed by atoms with Crippen LogP contribution in [0.5, 0.6) is 0 Å². The third kappa shape index (κ3) is 4.72. The Balaban J connectivity index is 0.00000180. The van der Waals surface area contributed by atoms with Crippen LogP contribution in [0.4, 0.5) is 0 Å². The van der Waals surface area contributed by atoms with Crippen molar-refractivity contribution in [2.45, 2.75) is 25.4 Å². The second kappa shape index (κ2) is 8.21. The number of hydrogen-bond donors (Lipinski definition) is 2. The van der Waals surface area contributed by atoms with Crippen molar-refractivity contribution in [3.63, 3.8) is 0 Å². The molecule has 1 amide bonds. The van der Waals surface area contributed by atoms with Crippen LogP contribution in [0.3, 0.4) is 0 Å². The Bertz CT molecular complexity index is 410. The Labute approximate surface area is 131 Å². The van der Waals surface area contributed by atoms with Crippen molar-refractivity contribution in [3.05, 3.63) is 20.8 Å². The number of hydrogen-bond acceptors (Lipinski definition) is 4. The van der Waals surface area contributed by atoms with E-state index in [0.29, 0.717) is 19.8 Å². The molecule has 2 heterocycles. The quantitative estimate of drug-likeness (QED) is 0.856. The summed E-state index contributed by atoms with van der Waals surface area (Å²) in [6.45, 7) is 1.96. The molecule has 1 saturated heterocycles. The molecule has 0 spiro atoms. The smallest absolute Gasteiger partial charge is 0.237 e. The maximum Gasteiger partial charge on any atom is 0.237 e. The number of halogens is 2. The maximum absolute atomic E-state index is 12.0. The van der Waals surface area contributed by atoms with E-state index in [1.807, 2.05) is 11.4 Å². The standard InChI is InChI=1S/C12H17BrN2O2S.ClH/c13-9-3-6-18-10(9)7-15-12(16)11(14)8-1-4-17-5-2-8;/h3,6,8,11H,1-2,4-5,7,14H2,(H,15,16);1H. The number of carbonyl (C=O) groups is 1. The first-order valence-corrected chi connectivity index (χ1v) is 7.68. The highest BCUT2D eigenvalue weighted by molar-refractivity contribution is 9.10. The van der Waals surface area contributed by atoms with Gasteiger partial charge in [0.25, 0.3) is 0 Å². The van der Waals surface area contributed by atoms with E-state index in [9.17, 15) is 4.79 Å².